The third kappa shape index (κ3) is 2.14. The molecule has 1 unspecified atom stereocenters. The monoisotopic (exact) mass is 269 g/mol. The Kier molecular flexibility index (Phi) is 3.36. The molecule has 20 heavy (non-hydrogen) atoms. The van der Waals surface area contributed by atoms with Crippen molar-refractivity contribution < 1.29 is 9.47 Å². The molecule has 0 amide bonds. The van der Waals surface area contributed by atoms with Crippen molar-refractivity contribution in [3.63, 3.8) is 0 Å². The van der Waals surface area contributed by atoms with Crippen LogP contribution in [0.3, 0.4) is 0 Å². The van der Waals surface area contributed by atoms with Crippen molar-refractivity contribution in [2.45, 2.75) is 20.0 Å². The van der Waals surface area contributed by atoms with E-state index in [9.17, 15) is 0 Å². The summed E-state index contributed by atoms with van der Waals surface area (Å²) < 4.78 is 11.8. The molecule has 2 N–H and O–H groups in total. The minimum Gasteiger partial charge on any atom is -0.486 e. The van der Waals surface area contributed by atoms with Crippen LogP contribution in [0.2, 0.25) is 0 Å². The van der Waals surface area contributed by atoms with Crippen LogP contribution in [-0.4, -0.2) is 19.3 Å². The van der Waals surface area contributed by atoms with Crippen molar-refractivity contribution in [3.8, 4) is 22.6 Å². The van der Waals surface area contributed by atoms with Gasteiger partial charge in [0.15, 0.2) is 11.5 Å². The maximum atomic E-state index is 6.03. The highest BCUT2D eigenvalue weighted by atomic mass is 16.6. The van der Waals surface area contributed by atoms with Gasteiger partial charge in [0.2, 0.25) is 0 Å². The van der Waals surface area contributed by atoms with Gasteiger partial charge in [-0.1, -0.05) is 30.3 Å². The van der Waals surface area contributed by atoms with Gasteiger partial charge in [-0.2, -0.15) is 0 Å². The van der Waals surface area contributed by atoms with Crippen molar-refractivity contribution in [1.29, 1.82) is 0 Å². The van der Waals surface area contributed by atoms with E-state index < -0.39 is 0 Å². The fourth-order valence-corrected chi connectivity index (χ4v) is 2.69. The van der Waals surface area contributed by atoms with E-state index in [4.69, 9.17) is 15.2 Å². The van der Waals surface area contributed by atoms with Crippen molar-refractivity contribution >= 4 is 0 Å². The second-order valence-electron chi connectivity index (χ2n) is 5.19. The van der Waals surface area contributed by atoms with Gasteiger partial charge < -0.3 is 15.2 Å². The Bertz CT molecular complexity index is 617. The summed E-state index contributed by atoms with van der Waals surface area (Å²) in [6, 6.07) is 12.3. The van der Waals surface area contributed by atoms with Crippen LogP contribution >= 0.6 is 0 Å². The van der Waals surface area contributed by atoms with Crippen molar-refractivity contribution in [3.05, 3.63) is 47.5 Å². The summed E-state index contributed by atoms with van der Waals surface area (Å²) in [7, 11) is 0. The lowest BCUT2D eigenvalue weighted by Gasteiger charge is -2.28. The molecule has 104 valence electrons. The third-order valence-electron chi connectivity index (χ3n) is 3.70. The summed E-state index contributed by atoms with van der Waals surface area (Å²) in [5.74, 6) is 1.61. The normalized spacial score (nSPS) is 17.1. The Labute approximate surface area is 119 Å². The number of nitrogens with two attached hydrogens (primary N) is 1. The van der Waals surface area contributed by atoms with Gasteiger partial charge in [0.1, 0.15) is 12.7 Å². The number of hydrogen-bond acceptors (Lipinski definition) is 3. The van der Waals surface area contributed by atoms with Gasteiger partial charge in [0.05, 0.1) is 0 Å². The molecular weight excluding hydrogens is 250 g/mol. The number of rotatable bonds is 2. The second-order valence-corrected chi connectivity index (χ2v) is 5.19. The van der Waals surface area contributed by atoms with E-state index in [1.54, 1.807) is 0 Å². The van der Waals surface area contributed by atoms with Crippen LogP contribution in [0.25, 0.3) is 11.1 Å². The summed E-state index contributed by atoms with van der Waals surface area (Å²) >= 11 is 0. The first-order valence-electron chi connectivity index (χ1n) is 6.90. The molecule has 0 spiro atoms. The zero-order chi connectivity index (χ0) is 14.1. The Morgan fingerprint density at radius 3 is 2.50 bits per heavy atom. The average Bonchev–Trinajstić information content (AvgIpc) is 2.47. The first kappa shape index (κ1) is 13.0. The minimum atomic E-state index is -0.0759. The highest BCUT2D eigenvalue weighted by Gasteiger charge is 2.24. The Morgan fingerprint density at radius 2 is 1.80 bits per heavy atom. The third-order valence-corrected chi connectivity index (χ3v) is 3.70. The lowest BCUT2D eigenvalue weighted by molar-refractivity contribution is 0.0976. The number of fused-ring (bicyclic) bond motifs is 1. The first-order valence-corrected chi connectivity index (χ1v) is 6.90. The molecule has 0 fully saturated rings. The Morgan fingerprint density at radius 1 is 1.10 bits per heavy atom. The van der Waals surface area contributed by atoms with Crippen molar-refractivity contribution in [2.75, 3.05) is 13.2 Å². The van der Waals surface area contributed by atoms with Crippen LogP contribution in [0.15, 0.2) is 36.4 Å². The van der Waals surface area contributed by atoms with Gasteiger partial charge in [-0.15, -0.1) is 0 Å². The minimum absolute atomic E-state index is 0.0759. The molecule has 0 radical (unpaired) electrons. The van der Waals surface area contributed by atoms with E-state index in [1.807, 2.05) is 12.1 Å². The molecule has 0 bridgehead atoms. The number of ether oxygens (including phenoxy) is 2. The molecule has 3 rings (SSSR count). The lowest BCUT2D eigenvalue weighted by Crippen LogP contribution is -2.35. The van der Waals surface area contributed by atoms with E-state index in [-0.39, 0.29) is 6.10 Å². The predicted molar refractivity (Wildman–Crippen MR) is 80.3 cm³/mol. The zero-order valence-corrected chi connectivity index (χ0v) is 11.8. The molecule has 3 heteroatoms. The maximum Gasteiger partial charge on any atom is 0.169 e. The molecule has 0 aromatic heterocycles. The van der Waals surface area contributed by atoms with Gasteiger partial charge in [-0.05, 0) is 36.6 Å². The van der Waals surface area contributed by atoms with Crippen molar-refractivity contribution in [1.82, 2.24) is 0 Å². The van der Waals surface area contributed by atoms with Crippen LogP contribution in [0.4, 0.5) is 0 Å². The SMILES string of the molecule is Cc1cccc(C)c1-c1cccc2c1OC(CN)CO2. The van der Waals surface area contributed by atoms with E-state index in [0.29, 0.717) is 13.2 Å². The van der Waals surface area contributed by atoms with Gasteiger partial charge in [-0.3, -0.25) is 0 Å². The van der Waals surface area contributed by atoms with Crippen LogP contribution in [-0.2, 0) is 0 Å². The molecule has 0 saturated carbocycles. The van der Waals surface area contributed by atoms with Crippen molar-refractivity contribution in [2.24, 2.45) is 5.73 Å². The predicted octanol–water partition coefficient (Wildman–Crippen LogP) is 3.07. The van der Waals surface area contributed by atoms with E-state index >= 15 is 0 Å². The zero-order valence-electron chi connectivity index (χ0n) is 11.8. The number of hydrogen-bond donors (Lipinski definition) is 1. The van der Waals surface area contributed by atoms with E-state index in [2.05, 4.69) is 38.1 Å². The molecule has 1 aliphatic rings. The van der Waals surface area contributed by atoms with Gasteiger partial charge in [0, 0.05) is 12.1 Å². The molecule has 1 atom stereocenters. The number of benzene rings is 2. The van der Waals surface area contributed by atoms with Gasteiger partial charge in [0.25, 0.3) is 0 Å². The standard InChI is InChI=1S/C17H19NO2/c1-11-5-3-6-12(2)16(11)14-7-4-8-15-17(14)20-13(9-18)10-19-15/h3-8,13H,9-10,18H2,1-2H3. The summed E-state index contributed by atoms with van der Waals surface area (Å²) in [6.45, 7) is 5.21. The average molecular weight is 269 g/mol. The van der Waals surface area contributed by atoms with Crippen LogP contribution < -0.4 is 15.2 Å². The topological polar surface area (TPSA) is 44.5 Å². The smallest absolute Gasteiger partial charge is 0.169 e. The van der Waals surface area contributed by atoms with E-state index in [1.165, 1.54) is 16.7 Å². The molecule has 1 heterocycles. The first-order chi connectivity index (χ1) is 9.70. The molecule has 0 saturated heterocycles. The van der Waals surface area contributed by atoms with E-state index in [0.717, 1.165) is 17.1 Å². The number of para-hydroxylation sites is 1. The van der Waals surface area contributed by atoms with Crippen LogP contribution in [0.5, 0.6) is 11.5 Å². The molecule has 3 nitrogen and oxygen atoms in total. The Balaban J connectivity index is 2.16. The molecular formula is C17H19NO2. The van der Waals surface area contributed by atoms with Gasteiger partial charge >= 0.3 is 0 Å². The quantitative estimate of drug-likeness (QED) is 0.911. The van der Waals surface area contributed by atoms with Gasteiger partial charge in [-0.25, -0.2) is 0 Å². The lowest BCUT2D eigenvalue weighted by atomic mass is 9.94. The maximum absolute atomic E-state index is 6.03. The summed E-state index contributed by atoms with van der Waals surface area (Å²) in [4.78, 5) is 0. The largest absolute Gasteiger partial charge is 0.486 e. The van der Waals surface area contributed by atoms with Crippen LogP contribution in [0.1, 0.15) is 11.1 Å². The molecule has 2 aromatic rings. The summed E-state index contributed by atoms with van der Waals surface area (Å²) in [6.07, 6.45) is -0.0759. The summed E-state index contributed by atoms with van der Waals surface area (Å²) in [5.41, 5.74) is 10.5. The summed E-state index contributed by atoms with van der Waals surface area (Å²) in [5, 5.41) is 0. The Hall–Kier alpha value is -2.00. The fraction of sp³-hybridized carbons (Fsp3) is 0.294. The molecule has 0 aliphatic carbocycles. The highest BCUT2D eigenvalue weighted by molar-refractivity contribution is 5.78. The molecule has 2 aromatic carbocycles. The van der Waals surface area contributed by atoms with Crippen LogP contribution in [0, 0.1) is 13.8 Å². The fourth-order valence-electron chi connectivity index (χ4n) is 2.69. The highest BCUT2D eigenvalue weighted by Crippen LogP contribution is 2.42. The molecule has 1 aliphatic heterocycles. The number of aryl methyl sites for hydroxylation is 2. The second kappa shape index (κ2) is 5.17.